The van der Waals surface area contributed by atoms with Crippen molar-refractivity contribution in [3.05, 3.63) is 59.0 Å². The van der Waals surface area contributed by atoms with Crippen LogP contribution in [0.5, 0.6) is 0 Å². The summed E-state index contributed by atoms with van der Waals surface area (Å²) in [5.74, 6) is 0.542. The third-order valence-corrected chi connectivity index (χ3v) is 6.08. The minimum absolute atomic E-state index is 0.542. The van der Waals surface area contributed by atoms with Gasteiger partial charge in [0.05, 0.1) is 36.0 Å². The van der Waals surface area contributed by atoms with Crippen LogP contribution in [0.1, 0.15) is 17.0 Å². The molecular formula is C22H21ClN6O2. The Morgan fingerprint density at radius 1 is 1.16 bits per heavy atom. The highest BCUT2D eigenvalue weighted by Crippen LogP contribution is 2.38. The van der Waals surface area contributed by atoms with E-state index >= 15 is 0 Å². The summed E-state index contributed by atoms with van der Waals surface area (Å²) < 4.78 is 15.2. The van der Waals surface area contributed by atoms with E-state index in [0.29, 0.717) is 17.3 Å². The van der Waals surface area contributed by atoms with Gasteiger partial charge in [-0.25, -0.2) is 9.97 Å². The number of aryl methyl sites for hydroxylation is 1. The van der Waals surface area contributed by atoms with Gasteiger partial charge in [-0.2, -0.15) is 5.10 Å². The molecule has 1 fully saturated rings. The van der Waals surface area contributed by atoms with Crippen molar-refractivity contribution in [2.24, 2.45) is 7.05 Å². The molecule has 0 N–H and O–H groups in total. The summed E-state index contributed by atoms with van der Waals surface area (Å²) in [5, 5.41) is 5.38. The fourth-order valence-corrected chi connectivity index (χ4v) is 4.56. The summed E-state index contributed by atoms with van der Waals surface area (Å²) >= 11 is 6.32. The van der Waals surface area contributed by atoms with Gasteiger partial charge in [0.2, 0.25) is 5.89 Å². The summed E-state index contributed by atoms with van der Waals surface area (Å²) in [4.78, 5) is 11.8. The fourth-order valence-electron chi connectivity index (χ4n) is 4.39. The lowest BCUT2D eigenvalue weighted by Gasteiger charge is -2.25. The van der Waals surface area contributed by atoms with Gasteiger partial charge in [-0.3, -0.25) is 9.58 Å². The van der Waals surface area contributed by atoms with Crippen LogP contribution in [-0.4, -0.2) is 55.5 Å². The van der Waals surface area contributed by atoms with Crippen LogP contribution in [0, 0.1) is 0 Å². The summed E-state index contributed by atoms with van der Waals surface area (Å²) in [6.07, 6.45) is 6.28. The predicted molar refractivity (Wildman–Crippen MR) is 115 cm³/mol. The molecule has 6 rings (SSSR count). The number of morpholine rings is 1. The molecule has 0 aliphatic carbocycles. The molecule has 3 aromatic heterocycles. The first-order valence-corrected chi connectivity index (χ1v) is 10.7. The minimum atomic E-state index is 0.542. The Morgan fingerprint density at radius 3 is 2.90 bits per heavy atom. The van der Waals surface area contributed by atoms with Crippen LogP contribution in [0.15, 0.2) is 41.4 Å². The molecule has 31 heavy (non-hydrogen) atoms. The fraction of sp³-hybridized carbons (Fsp3) is 0.318. The van der Waals surface area contributed by atoms with Gasteiger partial charge in [0.25, 0.3) is 0 Å². The third-order valence-electron chi connectivity index (χ3n) is 5.85. The molecule has 2 aliphatic heterocycles. The number of rotatable bonds is 3. The van der Waals surface area contributed by atoms with E-state index in [-0.39, 0.29) is 0 Å². The molecular weight excluding hydrogens is 416 g/mol. The summed E-state index contributed by atoms with van der Waals surface area (Å²) in [6.45, 7) is 4.08. The van der Waals surface area contributed by atoms with Crippen molar-refractivity contribution in [2.45, 2.75) is 13.0 Å². The van der Waals surface area contributed by atoms with Crippen LogP contribution in [0.2, 0.25) is 5.02 Å². The van der Waals surface area contributed by atoms with Gasteiger partial charge in [0.15, 0.2) is 0 Å². The first-order valence-electron chi connectivity index (χ1n) is 10.3. The lowest BCUT2D eigenvalue weighted by atomic mass is 10.0. The van der Waals surface area contributed by atoms with E-state index in [2.05, 4.69) is 14.5 Å². The number of nitrogens with zero attached hydrogens (tertiary/aromatic N) is 6. The van der Waals surface area contributed by atoms with Crippen LogP contribution < -0.4 is 0 Å². The lowest BCUT2D eigenvalue weighted by Crippen LogP contribution is -2.35. The minimum Gasteiger partial charge on any atom is -0.443 e. The van der Waals surface area contributed by atoms with Crippen molar-refractivity contribution < 1.29 is 9.15 Å². The highest BCUT2D eigenvalue weighted by atomic mass is 35.5. The number of fused-ring (bicyclic) bond motifs is 5. The molecule has 5 heterocycles. The van der Waals surface area contributed by atoms with Crippen molar-refractivity contribution in [2.75, 3.05) is 26.3 Å². The maximum absolute atomic E-state index is 6.32. The zero-order chi connectivity index (χ0) is 20.9. The largest absolute Gasteiger partial charge is 0.443 e. The van der Waals surface area contributed by atoms with Crippen LogP contribution in [-0.2, 0) is 24.8 Å². The molecule has 0 radical (unpaired) electrons. The number of oxazole rings is 1. The number of ether oxygens (including phenoxy) is 1. The van der Waals surface area contributed by atoms with Crippen molar-refractivity contribution in [1.82, 2.24) is 29.2 Å². The molecule has 0 bridgehead atoms. The Kier molecular flexibility index (Phi) is 4.45. The number of aromatic nitrogens is 5. The topological polar surface area (TPSA) is 74.1 Å². The van der Waals surface area contributed by atoms with E-state index in [1.807, 2.05) is 42.5 Å². The SMILES string of the molecule is Cn1cc2c(n1)-c1cc(Cl)ccc1-n1cnc(-c3nc(CN4CCOCC4)co3)c1C2. The van der Waals surface area contributed by atoms with Crippen LogP contribution in [0.4, 0.5) is 0 Å². The van der Waals surface area contributed by atoms with Crippen molar-refractivity contribution in [1.29, 1.82) is 0 Å². The number of imidazole rings is 1. The monoisotopic (exact) mass is 436 g/mol. The smallest absolute Gasteiger partial charge is 0.247 e. The zero-order valence-electron chi connectivity index (χ0n) is 17.1. The maximum atomic E-state index is 6.32. The highest BCUT2D eigenvalue weighted by molar-refractivity contribution is 6.31. The summed E-state index contributed by atoms with van der Waals surface area (Å²) in [6, 6.07) is 5.86. The maximum Gasteiger partial charge on any atom is 0.247 e. The molecule has 4 aromatic rings. The number of hydrogen-bond donors (Lipinski definition) is 0. The highest BCUT2D eigenvalue weighted by Gasteiger charge is 2.27. The quantitative estimate of drug-likeness (QED) is 0.432. The van der Waals surface area contributed by atoms with Crippen molar-refractivity contribution in [3.63, 3.8) is 0 Å². The van der Waals surface area contributed by atoms with Gasteiger partial charge < -0.3 is 13.7 Å². The van der Waals surface area contributed by atoms with E-state index in [0.717, 1.165) is 72.4 Å². The van der Waals surface area contributed by atoms with Crippen LogP contribution in [0.25, 0.3) is 28.5 Å². The molecule has 0 amide bonds. The van der Waals surface area contributed by atoms with E-state index in [9.17, 15) is 0 Å². The van der Waals surface area contributed by atoms with Gasteiger partial charge in [-0.05, 0) is 18.2 Å². The van der Waals surface area contributed by atoms with Gasteiger partial charge >= 0.3 is 0 Å². The zero-order valence-corrected chi connectivity index (χ0v) is 17.8. The molecule has 0 atom stereocenters. The Balaban J connectivity index is 1.41. The normalized spacial score (nSPS) is 15.9. The second kappa shape index (κ2) is 7.33. The molecule has 0 spiro atoms. The van der Waals surface area contributed by atoms with E-state index in [4.69, 9.17) is 30.8 Å². The predicted octanol–water partition coefficient (Wildman–Crippen LogP) is 3.32. The lowest BCUT2D eigenvalue weighted by molar-refractivity contribution is 0.0336. The molecule has 158 valence electrons. The summed E-state index contributed by atoms with van der Waals surface area (Å²) in [7, 11) is 1.93. The first-order chi connectivity index (χ1) is 15.2. The van der Waals surface area contributed by atoms with E-state index in [1.54, 1.807) is 6.26 Å². The molecule has 1 aromatic carbocycles. The van der Waals surface area contributed by atoms with E-state index in [1.165, 1.54) is 0 Å². The van der Waals surface area contributed by atoms with Crippen molar-refractivity contribution >= 4 is 11.6 Å². The van der Waals surface area contributed by atoms with Crippen LogP contribution in [0.3, 0.4) is 0 Å². The Hall–Kier alpha value is -2.94. The number of hydrogen-bond acceptors (Lipinski definition) is 6. The second-order valence-corrected chi connectivity index (χ2v) is 8.39. The Morgan fingerprint density at radius 2 is 2.03 bits per heavy atom. The number of halogens is 1. The van der Waals surface area contributed by atoms with Crippen LogP contribution >= 0.6 is 11.6 Å². The second-order valence-electron chi connectivity index (χ2n) is 7.96. The molecule has 1 saturated heterocycles. The number of benzene rings is 1. The standard InChI is InChI=1S/C22H21ClN6O2/c1-27-10-14-8-19-21(22-25-16(12-31-22)11-28-4-6-30-7-5-28)24-13-29(19)18-3-2-15(23)9-17(18)20(14)26-27/h2-3,9-10,12-13H,4-8,11H2,1H3. The average Bonchev–Trinajstić information content (AvgIpc) is 3.46. The Labute approximate surface area is 184 Å². The molecule has 2 aliphatic rings. The average molecular weight is 437 g/mol. The van der Waals surface area contributed by atoms with Crippen molar-refractivity contribution in [3.8, 4) is 28.5 Å². The van der Waals surface area contributed by atoms with Gasteiger partial charge in [0, 0.05) is 55.4 Å². The van der Waals surface area contributed by atoms with Gasteiger partial charge in [-0.15, -0.1) is 0 Å². The first kappa shape index (κ1) is 18.8. The Bertz CT molecular complexity index is 1270. The third kappa shape index (κ3) is 3.27. The van der Waals surface area contributed by atoms with E-state index < -0.39 is 0 Å². The van der Waals surface area contributed by atoms with Gasteiger partial charge in [0.1, 0.15) is 18.3 Å². The van der Waals surface area contributed by atoms with Gasteiger partial charge in [-0.1, -0.05) is 11.6 Å². The summed E-state index contributed by atoms with van der Waals surface area (Å²) in [5.41, 5.74) is 6.73. The molecule has 9 heteroatoms. The molecule has 0 saturated carbocycles. The molecule has 0 unspecified atom stereocenters. The molecule has 8 nitrogen and oxygen atoms in total.